The Bertz CT molecular complexity index is 1410. The number of nitrogens with zero attached hydrogens (tertiary/aromatic N) is 2. The van der Waals surface area contributed by atoms with Crippen molar-refractivity contribution in [2.24, 2.45) is 17.8 Å². The van der Waals surface area contributed by atoms with Gasteiger partial charge in [-0.3, -0.25) is 0 Å². The molecule has 2 aliphatic rings. The Morgan fingerprint density at radius 2 is 1.45 bits per heavy atom. The fraction of sp³-hybridized carbons (Fsp3) is 0.361. The standard InChI is InChI=1S/C36H41N2/c1-4-37-34(29-16-7-5-8-17-29)35(30-18-9-6-10-19-30)38(36(37)33-26(2)14-13-15-27(33)3)23-12-11-20-31-24-28-21-22-32(31)25-28/h5-10,13-19,21-22,28,31-32H,4,11-12,20,23-25H2,1-3H3/q+1. The van der Waals surface area contributed by atoms with Crippen LogP contribution in [-0.4, -0.2) is 4.57 Å². The fourth-order valence-corrected chi connectivity index (χ4v) is 7.26. The number of imidazole rings is 1. The third kappa shape index (κ3) is 4.55. The number of allylic oxidation sites excluding steroid dienone is 2. The molecule has 1 fully saturated rings. The smallest absolute Gasteiger partial charge is 0.223 e. The maximum atomic E-state index is 2.66. The summed E-state index contributed by atoms with van der Waals surface area (Å²) in [6.07, 6.45) is 11.7. The van der Waals surface area contributed by atoms with Crippen LogP contribution in [0.1, 0.15) is 50.2 Å². The largest absolute Gasteiger partial charge is 0.290 e. The van der Waals surface area contributed by atoms with E-state index in [0.717, 1.165) is 30.8 Å². The van der Waals surface area contributed by atoms with Crippen LogP contribution < -0.4 is 4.57 Å². The minimum absolute atomic E-state index is 0.851. The molecule has 194 valence electrons. The molecule has 1 saturated carbocycles. The first kappa shape index (κ1) is 24.9. The number of benzene rings is 3. The van der Waals surface area contributed by atoms with E-state index < -0.39 is 0 Å². The van der Waals surface area contributed by atoms with Crippen molar-refractivity contribution in [2.75, 3.05) is 0 Å². The van der Waals surface area contributed by atoms with E-state index in [1.165, 1.54) is 77.1 Å². The molecule has 3 unspecified atom stereocenters. The second kappa shape index (κ2) is 10.8. The van der Waals surface area contributed by atoms with E-state index in [9.17, 15) is 0 Å². The molecule has 4 aromatic rings. The van der Waals surface area contributed by atoms with Gasteiger partial charge in [-0.1, -0.05) is 91.0 Å². The summed E-state index contributed by atoms with van der Waals surface area (Å²) in [6.45, 7) is 8.80. The van der Waals surface area contributed by atoms with E-state index in [2.05, 4.69) is 121 Å². The van der Waals surface area contributed by atoms with Crippen LogP contribution in [0.15, 0.2) is 91.0 Å². The Morgan fingerprint density at radius 1 is 0.763 bits per heavy atom. The normalized spacial score (nSPS) is 19.9. The van der Waals surface area contributed by atoms with Crippen LogP contribution >= 0.6 is 0 Å². The third-order valence-electron chi connectivity index (χ3n) is 9.01. The van der Waals surface area contributed by atoms with Gasteiger partial charge in [0.05, 0.1) is 18.7 Å². The summed E-state index contributed by atoms with van der Waals surface area (Å²) < 4.78 is 5.24. The highest BCUT2D eigenvalue weighted by Crippen LogP contribution is 2.45. The maximum absolute atomic E-state index is 2.66. The number of aryl methyl sites for hydroxylation is 2. The summed E-state index contributed by atoms with van der Waals surface area (Å²) >= 11 is 0. The number of hydrogen-bond donors (Lipinski definition) is 0. The van der Waals surface area contributed by atoms with Gasteiger partial charge in [-0.05, 0) is 81.8 Å². The van der Waals surface area contributed by atoms with E-state index in [4.69, 9.17) is 0 Å². The van der Waals surface area contributed by atoms with Crippen LogP contribution in [0, 0.1) is 31.6 Å². The molecule has 1 heterocycles. The molecule has 0 spiro atoms. The van der Waals surface area contributed by atoms with Crippen molar-refractivity contribution in [1.82, 2.24) is 4.57 Å². The van der Waals surface area contributed by atoms with Crippen molar-refractivity contribution < 1.29 is 4.57 Å². The van der Waals surface area contributed by atoms with Crippen LogP contribution in [0.5, 0.6) is 0 Å². The topological polar surface area (TPSA) is 8.81 Å². The van der Waals surface area contributed by atoms with E-state index >= 15 is 0 Å². The molecule has 0 amide bonds. The Kier molecular flexibility index (Phi) is 7.06. The minimum Gasteiger partial charge on any atom is -0.223 e. The van der Waals surface area contributed by atoms with Crippen molar-refractivity contribution in [3.63, 3.8) is 0 Å². The number of unbranched alkanes of at least 4 members (excludes halogenated alkanes) is 1. The first-order valence-electron chi connectivity index (χ1n) is 14.7. The average Bonchev–Trinajstić information content (AvgIpc) is 3.65. The molecule has 0 saturated heterocycles. The van der Waals surface area contributed by atoms with E-state index in [0.29, 0.717) is 0 Å². The molecular weight excluding hydrogens is 460 g/mol. The molecular formula is C36H41N2+. The summed E-state index contributed by atoms with van der Waals surface area (Å²) in [5.74, 6) is 3.97. The van der Waals surface area contributed by atoms with Gasteiger partial charge in [-0.25, -0.2) is 9.13 Å². The van der Waals surface area contributed by atoms with Gasteiger partial charge in [0.2, 0.25) is 0 Å². The van der Waals surface area contributed by atoms with Gasteiger partial charge in [0.1, 0.15) is 0 Å². The monoisotopic (exact) mass is 501 g/mol. The lowest BCUT2D eigenvalue weighted by Crippen LogP contribution is -2.38. The summed E-state index contributed by atoms with van der Waals surface area (Å²) in [7, 11) is 0. The van der Waals surface area contributed by atoms with Crippen molar-refractivity contribution >= 4 is 0 Å². The molecule has 2 bridgehead atoms. The van der Waals surface area contributed by atoms with Gasteiger partial charge in [0.15, 0.2) is 11.4 Å². The number of hydrogen-bond acceptors (Lipinski definition) is 0. The zero-order valence-electron chi connectivity index (χ0n) is 23.2. The van der Waals surface area contributed by atoms with Crippen LogP contribution in [0.25, 0.3) is 33.9 Å². The number of aromatic nitrogens is 2. The van der Waals surface area contributed by atoms with Gasteiger partial charge in [-0.2, -0.15) is 0 Å². The van der Waals surface area contributed by atoms with Crippen molar-refractivity contribution in [2.45, 2.75) is 66.0 Å². The first-order chi connectivity index (χ1) is 18.7. The lowest BCUT2D eigenvalue weighted by molar-refractivity contribution is -0.675. The lowest BCUT2D eigenvalue weighted by atomic mass is 9.89. The number of fused-ring (bicyclic) bond motifs is 2. The highest BCUT2D eigenvalue weighted by atomic mass is 15.2. The van der Waals surface area contributed by atoms with Crippen molar-refractivity contribution in [1.29, 1.82) is 0 Å². The number of rotatable bonds is 9. The molecule has 2 nitrogen and oxygen atoms in total. The second-order valence-corrected chi connectivity index (χ2v) is 11.5. The van der Waals surface area contributed by atoms with Crippen LogP contribution in [0.4, 0.5) is 0 Å². The predicted octanol–water partition coefficient (Wildman–Crippen LogP) is 8.80. The van der Waals surface area contributed by atoms with Crippen LogP contribution in [0.2, 0.25) is 0 Å². The van der Waals surface area contributed by atoms with Gasteiger partial charge in [0, 0.05) is 11.1 Å². The van der Waals surface area contributed by atoms with E-state index in [-0.39, 0.29) is 0 Å². The van der Waals surface area contributed by atoms with Gasteiger partial charge >= 0.3 is 0 Å². The average molecular weight is 502 g/mol. The Labute approximate surface area is 228 Å². The molecule has 2 heteroatoms. The molecule has 1 aromatic heterocycles. The molecule has 0 radical (unpaired) electrons. The zero-order valence-corrected chi connectivity index (χ0v) is 23.2. The van der Waals surface area contributed by atoms with Crippen molar-refractivity contribution in [3.8, 4) is 33.9 Å². The highest BCUT2D eigenvalue weighted by Gasteiger charge is 2.36. The molecule has 3 aromatic carbocycles. The molecule has 38 heavy (non-hydrogen) atoms. The van der Waals surface area contributed by atoms with E-state index in [1.54, 1.807) is 0 Å². The molecule has 2 aliphatic carbocycles. The summed E-state index contributed by atoms with van der Waals surface area (Å²) in [4.78, 5) is 0. The lowest BCUT2D eigenvalue weighted by Gasteiger charge is -2.17. The highest BCUT2D eigenvalue weighted by molar-refractivity contribution is 5.80. The molecule has 0 N–H and O–H groups in total. The molecule has 6 rings (SSSR count). The fourth-order valence-electron chi connectivity index (χ4n) is 7.26. The second-order valence-electron chi connectivity index (χ2n) is 11.5. The van der Waals surface area contributed by atoms with Crippen LogP contribution in [-0.2, 0) is 13.1 Å². The van der Waals surface area contributed by atoms with Gasteiger partial charge < -0.3 is 0 Å². The van der Waals surface area contributed by atoms with Gasteiger partial charge in [-0.15, -0.1) is 0 Å². The van der Waals surface area contributed by atoms with Crippen molar-refractivity contribution in [3.05, 3.63) is 102 Å². The zero-order chi connectivity index (χ0) is 26.1. The Balaban J connectivity index is 1.47. The summed E-state index contributed by atoms with van der Waals surface area (Å²) in [5.41, 5.74) is 9.33. The minimum atomic E-state index is 0.851. The summed E-state index contributed by atoms with van der Waals surface area (Å²) in [5, 5.41) is 0. The summed E-state index contributed by atoms with van der Waals surface area (Å²) in [6, 6.07) is 28.8. The van der Waals surface area contributed by atoms with Gasteiger partial charge in [0.25, 0.3) is 5.82 Å². The predicted molar refractivity (Wildman–Crippen MR) is 159 cm³/mol. The Morgan fingerprint density at radius 3 is 2.05 bits per heavy atom. The molecule has 3 atom stereocenters. The molecule has 0 aliphatic heterocycles. The SMILES string of the molecule is CCn1c(-c2ccccc2)c(-c2ccccc2)[n+](CCCCC2CC3C=CC2C3)c1-c1c(C)cccc1C. The Hall–Kier alpha value is -3.39. The third-order valence-corrected chi connectivity index (χ3v) is 9.01. The quantitative estimate of drug-likeness (QED) is 0.123. The van der Waals surface area contributed by atoms with E-state index in [1.807, 2.05) is 0 Å². The van der Waals surface area contributed by atoms with Crippen LogP contribution in [0.3, 0.4) is 0 Å². The first-order valence-corrected chi connectivity index (χ1v) is 14.7. The maximum Gasteiger partial charge on any atom is 0.290 e.